The summed E-state index contributed by atoms with van der Waals surface area (Å²) in [6.45, 7) is -0.650. The molecule has 0 aliphatic heterocycles. The number of phenolic OH excluding ortho intramolecular Hbond substituents is 1. The molecule has 0 saturated heterocycles. The van der Waals surface area contributed by atoms with Crippen molar-refractivity contribution in [2.75, 3.05) is 13.7 Å². The third-order valence-corrected chi connectivity index (χ3v) is 2.38. The van der Waals surface area contributed by atoms with Crippen LogP contribution in [0.25, 0.3) is 0 Å². The quantitative estimate of drug-likeness (QED) is 0.523. The average Bonchev–Trinajstić information content (AvgIpc) is 2.36. The lowest BCUT2D eigenvalue weighted by molar-refractivity contribution is -0.0155. The van der Waals surface area contributed by atoms with Gasteiger partial charge in [-0.1, -0.05) is 0 Å². The molecule has 17 heavy (non-hydrogen) atoms. The van der Waals surface area contributed by atoms with Crippen molar-refractivity contribution in [1.82, 2.24) is 0 Å². The number of aldehydes is 1. The standard InChI is InChI=1S/C11H14O6/c1-17-10-3-7(11(16)9(15)5-13)6(4-12)2-8(10)14/h2-4,9,11,13-16H,5H2,1H3. The van der Waals surface area contributed by atoms with Crippen molar-refractivity contribution in [3.63, 3.8) is 0 Å². The van der Waals surface area contributed by atoms with Crippen LogP contribution in [0.2, 0.25) is 0 Å². The Kier molecular flexibility index (Phi) is 4.45. The van der Waals surface area contributed by atoms with E-state index in [1.165, 1.54) is 13.2 Å². The molecule has 94 valence electrons. The first kappa shape index (κ1) is 13.4. The summed E-state index contributed by atoms with van der Waals surface area (Å²) in [5.74, 6) is -0.182. The maximum absolute atomic E-state index is 10.8. The number of carbonyl (C=O) groups is 1. The Morgan fingerprint density at radius 1 is 1.41 bits per heavy atom. The minimum absolute atomic E-state index is 0.0169. The van der Waals surface area contributed by atoms with Gasteiger partial charge < -0.3 is 25.2 Å². The van der Waals surface area contributed by atoms with Crippen LogP contribution in [0.3, 0.4) is 0 Å². The first-order valence-electron chi connectivity index (χ1n) is 4.88. The molecule has 6 nitrogen and oxygen atoms in total. The summed E-state index contributed by atoms with van der Waals surface area (Å²) in [4.78, 5) is 10.8. The zero-order valence-corrected chi connectivity index (χ0v) is 9.20. The normalized spacial score (nSPS) is 14.1. The third kappa shape index (κ3) is 2.73. The largest absolute Gasteiger partial charge is 0.504 e. The van der Waals surface area contributed by atoms with Gasteiger partial charge in [-0.25, -0.2) is 0 Å². The van der Waals surface area contributed by atoms with Crippen LogP contribution in [-0.4, -0.2) is 46.5 Å². The van der Waals surface area contributed by atoms with Crippen molar-refractivity contribution in [3.8, 4) is 11.5 Å². The molecule has 0 aliphatic carbocycles. The molecule has 2 atom stereocenters. The SMILES string of the molecule is COc1cc(C(O)C(O)CO)c(C=O)cc1O. The summed E-state index contributed by atoms with van der Waals surface area (Å²) >= 11 is 0. The van der Waals surface area contributed by atoms with Crippen LogP contribution < -0.4 is 4.74 Å². The van der Waals surface area contributed by atoms with Gasteiger partial charge in [0.05, 0.1) is 13.7 Å². The van der Waals surface area contributed by atoms with Crippen molar-refractivity contribution >= 4 is 6.29 Å². The summed E-state index contributed by atoms with van der Waals surface area (Å²) in [5.41, 5.74) is 0.0968. The molecule has 2 unspecified atom stereocenters. The lowest BCUT2D eigenvalue weighted by Crippen LogP contribution is -2.23. The van der Waals surface area contributed by atoms with Gasteiger partial charge >= 0.3 is 0 Å². The van der Waals surface area contributed by atoms with Crippen LogP contribution in [0, 0.1) is 0 Å². The van der Waals surface area contributed by atoms with Crippen LogP contribution in [-0.2, 0) is 0 Å². The Balaban J connectivity index is 3.25. The highest BCUT2D eigenvalue weighted by Crippen LogP contribution is 2.32. The first-order valence-corrected chi connectivity index (χ1v) is 4.88. The number of phenols is 1. The maximum Gasteiger partial charge on any atom is 0.160 e. The first-order chi connectivity index (χ1) is 8.04. The Hall–Kier alpha value is -1.63. The average molecular weight is 242 g/mol. The smallest absolute Gasteiger partial charge is 0.160 e. The Labute approximate surface area is 97.7 Å². The van der Waals surface area contributed by atoms with Crippen molar-refractivity contribution in [1.29, 1.82) is 0 Å². The number of aliphatic hydroxyl groups is 3. The predicted octanol–water partition coefficient (Wildman–Crippen LogP) is -0.400. The van der Waals surface area contributed by atoms with Crippen molar-refractivity contribution in [2.24, 2.45) is 0 Å². The summed E-state index contributed by atoms with van der Waals surface area (Å²) in [6, 6.07) is 2.36. The van der Waals surface area contributed by atoms with E-state index >= 15 is 0 Å². The van der Waals surface area contributed by atoms with Gasteiger partial charge in [0.1, 0.15) is 12.2 Å². The zero-order valence-electron chi connectivity index (χ0n) is 9.20. The lowest BCUT2D eigenvalue weighted by Gasteiger charge is -2.18. The van der Waals surface area contributed by atoms with Crippen molar-refractivity contribution in [3.05, 3.63) is 23.3 Å². The zero-order chi connectivity index (χ0) is 13.0. The molecule has 0 fully saturated rings. The fourth-order valence-corrected chi connectivity index (χ4v) is 1.43. The molecule has 1 rings (SSSR count). The molecule has 0 radical (unpaired) electrons. The van der Waals surface area contributed by atoms with E-state index in [0.717, 1.165) is 6.07 Å². The molecule has 0 aromatic heterocycles. The molecular weight excluding hydrogens is 228 g/mol. The number of benzene rings is 1. The van der Waals surface area contributed by atoms with E-state index in [1.807, 2.05) is 0 Å². The Morgan fingerprint density at radius 3 is 2.53 bits per heavy atom. The van der Waals surface area contributed by atoms with E-state index in [-0.39, 0.29) is 22.6 Å². The van der Waals surface area contributed by atoms with E-state index in [9.17, 15) is 20.1 Å². The van der Waals surface area contributed by atoms with Gasteiger partial charge in [-0.3, -0.25) is 4.79 Å². The van der Waals surface area contributed by atoms with Gasteiger partial charge in [0, 0.05) is 5.56 Å². The van der Waals surface area contributed by atoms with Crippen LogP contribution in [0.5, 0.6) is 11.5 Å². The lowest BCUT2D eigenvalue weighted by atomic mass is 9.98. The second kappa shape index (κ2) is 5.62. The molecule has 0 saturated carbocycles. The molecule has 0 amide bonds. The van der Waals surface area contributed by atoms with Gasteiger partial charge in [-0.2, -0.15) is 0 Å². The molecule has 0 heterocycles. The van der Waals surface area contributed by atoms with Gasteiger partial charge in [0.25, 0.3) is 0 Å². The highest BCUT2D eigenvalue weighted by molar-refractivity contribution is 5.79. The number of carbonyl (C=O) groups excluding carboxylic acids is 1. The van der Waals surface area contributed by atoms with Crippen molar-refractivity contribution in [2.45, 2.75) is 12.2 Å². The number of ether oxygens (including phenoxy) is 1. The Bertz CT molecular complexity index is 403. The van der Waals surface area contributed by atoms with E-state index < -0.39 is 18.8 Å². The number of hydrogen-bond donors (Lipinski definition) is 4. The molecular formula is C11H14O6. The minimum atomic E-state index is -1.44. The van der Waals surface area contributed by atoms with E-state index in [2.05, 4.69) is 0 Å². The molecule has 1 aromatic carbocycles. The number of hydrogen-bond acceptors (Lipinski definition) is 6. The van der Waals surface area contributed by atoms with Crippen molar-refractivity contribution < 1.29 is 30.0 Å². The van der Waals surface area contributed by atoms with E-state index in [1.54, 1.807) is 0 Å². The van der Waals surface area contributed by atoms with Gasteiger partial charge in [-0.05, 0) is 17.7 Å². The number of rotatable bonds is 5. The summed E-state index contributed by atoms with van der Waals surface area (Å²) in [5, 5.41) is 37.2. The molecule has 4 N–H and O–H groups in total. The molecule has 1 aromatic rings. The summed E-state index contributed by atoms with van der Waals surface area (Å²) < 4.78 is 4.83. The highest BCUT2D eigenvalue weighted by Gasteiger charge is 2.22. The Morgan fingerprint density at radius 2 is 2.06 bits per heavy atom. The van der Waals surface area contributed by atoms with E-state index in [0.29, 0.717) is 6.29 Å². The topological polar surface area (TPSA) is 107 Å². The fraction of sp³-hybridized carbons (Fsp3) is 0.364. The van der Waals surface area contributed by atoms with Gasteiger partial charge in [0.15, 0.2) is 17.8 Å². The maximum atomic E-state index is 10.8. The summed E-state index contributed by atoms with van der Waals surface area (Å²) in [6.07, 6.45) is -2.42. The second-order valence-electron chi connectivity index (χ2n) is 3.47. The molecule has 0 spiro atoms. The van der Waals surface area contributed by atoms with E-state index in [4.69, 9.17) is 9.84 Å². The fourth-order valence-electron chi connectivity index (χ4n) is 1.43. The number of aromatic hydroxyl groups is 1. The van der Waals surface area contributed by atoms with Crippen LogP contribution >= 0.6 is 0 Å². The number of aliphatic hydroxyl groups excluding tert-OH is 3. The molecule has 0 aliphatic rings. The third-order valence-electron chi connectivity index (χ3n) is 2.38. The van der Waals surface area contributed by atoms with Gasteiger partial charge in [0.2, 0.25) is 0 Å². The monoisotopic (exact) mass is 242 g/mol. The number of methoxy groups -OCH3 is 1. The van der Waals surface area contributed by atoms with Crippen LogP contribution in [0.4, 0.5) is 0 Å². The second-order valence-corrected chi connectivity index (χ2v) is 3.47. The molecule has 6 heteroatoms. The van der Waals surface area contributed by atoms with Crippen LogP contribution in [0.1, 0.15) is 22.0 Å². The van der Waals surface area contributed by atoms with Crippen LogP contribution in [0.15, 0.2) is 12.1 Å². The minimum Gasteiger partial charge on any atom is -0.504 e. The van der Waals surface area contributed by atoms with Gasteiger partial charge in [-0.15, -0.1) is 0 Å². The highest BCUT2D eigenvalue weighted by atomic mass is 16.5. The summed E-state index contributed by atoms with van der Waals surface area (Å²) in [7, 11) is 1.31. The predicted molar refractivity (Wildman–Crippen MR) is 58.1 cm³/mol. The molecule has 0 bridgehead atoms.